The molecule has 2 rings (SSSR count). The van der Waals surface area contributed by atoms with Gasteiger partial charge in [-0.2, -0.15) is 0 Å². The predicted octanol–water partition coefficient (Wildman–Crippen LogP) is 5.60. The number of carbonyl (C=O) groups excluding carboxylic acids is 3. The summed E-state index contributed by atoms with van der Waals surface area (Å²) >= 11 is 3.41. The van der Waals surface area contributed by atoms with E-state index in [1.165, 1.54) is 0 Å². The van der Waals surface area contributed by atoms with E-state index in [0.717, 1.165) is 15.6 Å². The molecule has 5 nitrogen and oxygen atoms in total. The first-order chi connectivity index (χ1) is 14.1. The van der Waals surface area contributed by atoms with Crippen LogP contribution in [-0.2, 0) is 19.1 Å². The standard InChI is InChI=1S/C24H27BrO5/c1-5-29-23(28)19(15-22(27)30-24(2,3)4)14-21(26)18-8-6-16(7-9-18)17-10-12-20(25)13-11-17/h6-13,19H,5,14-15H2,1-4H3. The van der Waals surface area contributed by atoms with E-state index in [1.54, 1.807) is 39.8 Å². The summed E-state index contributed by atoms with van der Waals surface area (Å²) in [5, 5.41) is 0. The quantitative estimate of drug-likeness (QED) is 0.367. The fraction of sp³-hybridized carbons (Fsp3) is 0.375. The fourth-order valence-electron chi connectivity index (χ4n) is 2.92. The van der Waals surface area contributed by atoms with Crippen molar-refractivity contribution in [2.45, 2.75) is 46.1 Å². The summed E-state index contributed by atoms with van der Waals surface area (Å²) in [5.74, 6) is -2.19. The van der Waals surface area contributed by atoms with Crippen molar-refractivity contribution in [1.82, 2.24) is 0 Å². The molecule has 0 amide bonds. The second-order valence-corrected chi connectivity index (χ2v) is 8.87. The van der Waals surface area contributed by atoms with E-state index in [0.29, 0.717) is 5.56 Å². The summed E-state index contributed by atoms with van der Waals surface area (Å²) in [6.45, 7) is 7.12. The van der Waals surface area contributed by atoms with E-state index >= 15 is 0 Å². The Morgan fingerprint density at radius 1 is 0.900 bits per heavy atom. The minimum atomic E-state index is -0.876. The van der Waals surface area contributed by atoms with Gasteiger partial charge in [-0.25, -0.2) is 0 Å². The lowest BCUT2D eigenvalue weighted by molar-refractivity contribution is -0.161. The summed E-state index contributed by atoms with van der Waals surface area (Å²) in [6.07, 6.45) is -0.311. The molecule has 0 aliphatic heterocycles. The monoisotopic (exact) mass is 474 g/mol. The lowest BCUT2D eigenvalue weighted by Gasteiger charge is -2.21. The predicted molar refractivity (Wildman–Crippen MR) is 119 cm³/mol. The number of Topliss-reactive ketones (excluding diaryl/α,β-unsaturated/α-hetero) is 1. The molecule has 0 aliphatic rings. The van der Waals surface area contributed by atoms with E-state index in [2.05, 4.69) is 15.9 Å². The van der Waals surface area contributed by atoms with E-state index in [-0.39, 0.29) is 25.2 Å². The first-order valence-electron chi connectivity index (χ1n) is 9.86. The van der Waals surface area contributed by atoms with Crippen molar-refractivity contribution < 1.29 is 23.9 Å². The maximum Gasteiger partial charge on any atom is 0.309 e. The van der Waals surface area contributed by atoms with Crippen LogP contribution in [0.15, 0.2) is 53.0 Å². The average molecular weight is 475 g/mol. The molecule has 0 fully saturated rings. The van der Waals surface area contributed by atoms with Gasteiger partial charge in [0.25, 0.3) is 0 Å². The smallest absolute Gasteiger partial charge is 0.309 e. The second-order valence-electron chi connectivity index (χ2n) is 7.95. The third kappa shape index (κ3) is 7.41. The van der Waals surface area contributed by atoms with Crippen molar-refractivity contribution in [3.8, 4) is 11.1 Å². The number of ether oxygens (including phenoxy) is 2. The summed E-state index contributed by atoms with van der Waals surface area (Å²) in [7, 11) is 0. The first-order valence-corrected chi connectivity index (χ1v) is 10.7. The van der Waals surface area contributed by atoms with Crippen LogP contribution in [0, 0.1) is 5.92 Å². The van der Waals surface area contributed by atoms with Gasteiger partial charge in [0.2, 0.25) is 0 Å². The average Bonchev–Trinajstić information content (AvgIpc) is 2.67. The van der Waals surface area contributed by atoms with Crippen LogP contribution in [0.4, 0.5) is 0 Å². The Kier molecular flexibility index (Phi) is 8.35. The molecule has 0 bridgehead atoms. The van der Waals surface area contributed by atoms with Crippen molar-refractivity contribution >= 4 is 33.7 Å². The maximum absolute atomic E-state index is 12.8. The highest BCUT2D eigenvalue weighted by atomic mass is 79.9. The van der Waals surface area contributed by atoms with Crippen molar-refractivity contribution in [3.05, 3.63) is 58.6 Å². The van der Waals surface area contributed by atoms with Crippen LogP contribution in [0.5, 0.6) is 0 Å². The highest BCUT2D eigenvalue weighted by molar-refractivity contribution is 9.10. The summed E-state index contributed by atoms with van der Waals surface area (Å²) in [5.41, 5.74) is 1.83. The number of rotatable bonds is 8. The van der Waals surface area contributed by atoms with Gasteiger partial charge in [-0.3, -0.25) is 14.4 Å². The maximum atomic E-state index is 12.8. The first kappa shape index (κ1) is 23.8. The molecule has 1 atom stereocenters. The molecule has 30 heavy (non-hydrogen) atoms. The molecule has 0 spiro atoms. The molecule has 2 aromatic carbocycles. The van der Waals surface area contributed by atoms with E-state index in [9.17, 15) is 14.4 Å². The molecule has 0 aromatic heterocycles. The van der Waals surface area contributed by atoms with Crippen molar-refractivity contribution in [2.75, 3.05) is 6.61 Å². The molecule has 6 heteroatoms. The van der Waals surface area contributed by atoms with Crippen LogP contribution < -0.4 is 0 Å². The van der Waals surface area contributed by atoms with Crippen molar-refractivity contribution in [2.24, 2.45) is 5.92 Å². The van der Waals surface area contributed by atoms with Gasteiger partial charge in [0.05, 0.1) is 18.9 Å². The zero-order valence-corrected chi connectivity index (χ0v) is 19.3. The lowest BCUT2D eigenvalue weighted by atomic mass is 9.94. The molecule has 1 unspecified atom stereocenters. The van der Waals surface area contributed by atoms with Gasteiger partial charge in [-0.1, -0.05) is 52.3 Å². The molecule has 2 aromatic rings. The Balaban J connectivity index is 2.10. The summed E-state index contributed by atoms with van der Waals surface area (Å²) in [6, 6.07) is 15.1. The van der Waals surface area contributed by atoms with Crippen molar-refractivity contribution in [1.29, 1.82) is 0 Å². The van der Waals surface area contributed by atoms with Gasteiger partial charge in [0, 0.05) is 16.5 Å². The molecular weight excluding hydrogens is 448 g/mol. The number of hydrogen-bond donors (Lipinski definition) is 0. The third-order valence-corrected chi connectivity index (χ3v) is 4.80. The van der Waals surface area contributed by atoms with E-state index < -0.39 is 23.5 Å². The Hall–Kier alpha value is -2.47. The molecule has 0 N–H and O–H groups in total. The van der Waals surface area contributed by atoms with Gasteiger partial charge < -0.3 is 9.47 Å². The minimum Gasteiger partial charge on any atom is -0.466 e. The van der Waals surface area contributed by atoms with Crippen LogP contribution in [0.1, 0.15) is 50.9 Å². The van der Waals surface area contributed by atoms with Crippen LogP contribution in [0.25, 0.3) is 11.1 Å². The fourth-order valence-corrected chi connectivity index (χ4v) is 3.18. The molecule has 0 radical (unpaired) electrons. The Morgan fingerprint density at radius 2 is 1.43 bits per heavy atom. The second kappa shape index (κ2) is 10.5. The van der Waals surface area contributed by atoms with Crippen LogP contribution in [0.2, 0.25) is 0 Å². The number of benzene rings is 2. The highest BCUT2D eigenvalue weighted by Crippen LogP contribution is 2.24. The number of hydrogen-bond acceptors (Lipinski definition) is 5. The lowest BCUT2D eigenvalue weighted by Crippen LogP contribution is -2.29. The van der Waals surface area contributed by atoms with E-state index in [1.807, 2.05) is 36.4 Å². The molecule has 0 saturated carbocycles. The topological polar surface area (TPSA) is 69.7 Å². The largest absolute Gasteiger partial charge is 0.466 e. The summed E-state index contributed by atoms with van der Waals surface area (Å²) in [4.78, 5) is 37.2. The third-order valence-electron chi connectivity index (χ3n) is 4.27. The molecule has 0 aliphatic carbocycles. The highest BCUT2D eigenvalue weighted by Gasteiger charge is 2.29. The molecule has 160 valence electrons. The van der Waals surface area contributed by atoms with Gasteiger partial charge in [-0.05, 0) is 51.0 Å². The van der Waals surface area contributed by atoms with Gasteiger partial charge in [0.1, 0.15) is 5.60 Å². The van der Waals surface area contributed by atoms with Crippen LogP contribution in [-0.4, -0.2) is 29.9 Å². The van der Waals surface area contributed by atoms with Crippen molar-refractivity contribution in [3.63, 3.8) is 0 Å². The van der Waals surface area contributed by atoms with Gasteiger partial charge in [0.15, 0.2) is 5.78 Å². The Bertz CT molecular complexity index is 879. The molecule has 0 saturated heterocycles. The van der Waals surface area contributed by atoms with Crippen LogP contribution in [0.3, 0.4) is 0 Å². The zero-order valence-electron chi connectivity index (χ0n) is 17.7. The zero-order chi connectivity index (χ0) is 22.3. The number of ketones is 1. The SMILES string of the molecule is CCOC(=O)C(CC(=O)OC(C)(C)C)CC(=O)c1ccc(-c2ccc(Br)cc2)cc1. The minimum absolute atomic E-state index is 0.115. The van der Waals surface area contributed by atoms with Gasteiger partial charge >= 0.3 is 11.9 Å². The number of esters is 2. The number of carbonyl (C=O) groups is 3. The number of halogens is 1. The van der Waals surface area contributed by atoms with Gasteiger partial charge in [-0.15, -0.1) is 0 Å². The Labute approximate surface area is 185 Å². The normalized spacial score (nSPS) is 12.2. The van der Waals surface area contributed by atoms with E-state index in [4.69, 9.17) is 9.47 Å². The summed E-state index contributed by atoms with van der Waals surface area (Å²) < 4.78 is 11.3. The molecular formula is C24H27BrO5. The Morgan fingerprint density at radius 3 is 1.93 bits per heavy atom. The van der Waals surface area contributed by atoms with Crippen LogP contribution >= 0.6 is 15.9 Å². The molecule has 0 heterocycles.